The number of rotatable bonds is 4. The second-order valence-corrected chi connectivity index (χ2v) is 9.49. The number of amides is 2. The second-order valence-electron chi connectivity index (χ2n) is 8.72. The van der Waals surface area contributed by atoms with E-state index in [1.807, 2.05) is 17.0 Å². The maximum absolute atomic E-state index is 13.5. The fourth-order valence-electron chi connectivity index (χ4n) is 4.75. The lowest BCUT2D eigenvalue weighted by atomic mass is 9.75. The lowest BCUT2D eigenvalue weighted by Gasteiger charge is -2.42. The number of carboxylic acid groups (broad SMARTS) is 1. The van der Waals surface area contributed by atoms with Crippen LogP contribution in [0, 0.1) is 11.3 Å². The molecule has 12 heteroatoms. The lowest BCUT2D eigenvalue weighted by molar-refractivity contribution is -0.123. The highest BCUT2D eigenvalue weighted by Crippen LogP contribution is 2.47. The van der Waals surface area contributed by atoms with Crippen LogP contribution in [0.15, 0.2) is 30.6 Å². The third-order valence-electron chi connectivity index (χ3n) is 6.76. The molecule has 2 aromatic rings. The number of anilines is 2. The number of aromatic nitrogens is 2. The van der Waals surface area contributed by atoms with Gasteiger partial charge < -0.3 is 19.6 Å². The van der Waals surface area contributed by atoms with Gasteiger partial charge in [0, 0.05) is 32.0 Å². The molecule has 0 unspecified atom stereocenters. The molecule has 0 atom stereocenters. The first-order valence-electron chi connectivity index (χ1n) is 11.2. The number of likely N-dealkylation sites (tertiary alicyclic amines) is 1. The SMILES string of the molecule is N#Cc1ncc(N2C(=O)C3(CCC3)N(c3ccc(OC4CCN(C(=O)O)CC4)nc3)C2=S)cc1Cl. The summed E-state index contributed by atoms with van der Waals surface area (Å²) in [6, 6.07) is 7.00. The number of thiocarbonyl (C=S) groups is 1. The van der Waals surface area contributed by atoms with Gasteiger partial charge >= 0.3 is 6.09 Å². The Morgan fingerprint density at radius 2 is 1.94 bits per heavy atom. The van der Waals surface area contributed by atoms with Crippen LogP contribution in [-0.4, -0.2) is 61.8 Å². The summed E-state index contributed by atoms with van der Waals surface area (Å²) < 4.78 is 5.96. The van der Waals surface area contributed by atoms with Crippen LogP contribution in [0.3, 0.4) is 0 Å². The largest absolute Gasteiger partial charge is 0.474 e. The number of carbonyl (C=O) groups excluding carboxylic acids is 1. The van der Waals surface area contributed by atoms with Crippen molar-refractivity contribution in [2.24, 2.45) is 0 Å². The molecule has 0 radical (unpaired) electrons. The molecule has 10 nitrogen and oxygen atoms in total. The smallest absolute Gasteiger partial charge is 0.407 e. The van der Waals surface area contributed by atoms with Gasteiger partial charge in [-0.2, -0.15) is 5.26 Å². The molecule has 3 aliphatic rings. The van der Waals surface area contributed by atoms with Gasteiger partial charge in [0.25, 0.3) is 5.91 Å². The summed E-state index contributed by atoms with van der Waals surface area (Å²) in [4.78, 5) is 37.8. The molecule has 2 aromatic heterocycles. The third kappa shape index (κ3) is 3.92. The highest BCUT2D eigenvalue weighted by atomic mass is 35.5. The Labute approximate surface area is 211 Å². The minimum Gasteiger partial charge on any atom is -0.474 e. The van der Waals surface area contributed by atoms with Crippen LogP contribution in [0.2, 0.25) is 5.02 Å². The molecule has 1 aliphatic carbocycles. The highest BCUT2D eigenvalue weighted by Gasteiger charge is 2.59. The molecule has 2 saturated heterocycles. The van der Waals surface area contributed by atoms with Crippen molar-refractivity contribution in [1.29, 1.82) is 5.26 Å². The summed E-state index contributed by atoms with van der Waals surface area (Å²) in [6.45, 7) is 0.851. The Morgan fingerprint density at radius 1 is 1.23 bits per heavy atom. The first kappa shape index (κ1) is 23.3. The van der Waals surface area contributed by atoms with Crippen molar-refractivity contribution in [2.75, 3.05) is 22.9 Å². The number of pyridine rings is 2. The zero-order valence-electron chi connectivity index (χ0n) is 18.6. The molecule has 2 aliphatic heterocycles. The van der Waals surface area contributed by atoms with Crippen molar-refractivity contribution in [3.05, 3.63) is 41.3 Å². The van der Waals surface area contributed by atoms with E-state index in [2.05, 4.69) is 9.97 Å². The summed E-state index contributed by atoms with van der Waals surface area (Å²) >= 11 is 11.9. The number of halogens is 1. The Kier molecular flexibility index (Phi) is 5.94. The van der Waals surface area contributed by atoms with Crippen molar-refractivity contribution >= 4 is 52.3 Å². The van der Waals surface area contributed by atoms with Gasteiger partial charge in [0.1, 0.15) is 17.7 Å². The molecule has 1 spiro atoms. The number of carbonyl (C=O) groups is 2. The van der Waals surface area contributed by atoms with Crippen LogP contribution in [0.25, 0.3) is 0 Å². The van der Waals surface area contributed by atoms with Gasteiger partial charge in [0.05, 0.1) is 28.8 Å². The Hall–Kier alpha value is -3.49. The fraction of sp³-hybridized carbons (Fsp3) is 0.391. The van der Waals surface area contributed by atoms with Crippen molar-refractivity contribution in [3.8, 4) is 11.9 Å². The van der Waals surface area contributed by atoms with Gasteiger partial charge in [-0.05, 0) is 43.6 Å². The molecule has 180 valence electrons. The molecule has 2 amide bonds. The predicted molar refractivity (Wildman–Crippen MR) is 131 cm³/mol. The molecule has 0 bridgehead atoms. The van der Waals surface area contributed by atoms with Crippen LogP contribution < -0.4 is 14.5 Å². The molecule has 3 fully saturated rings. The average molecular weight is 513 g/mol. The van der Waals surface area contributed by atoms with Gasteiger partial charge in [0.15, 0.2) is 10.8 Å². The van der Waals surface area contributed by atoms with E-state index in [-0.39, 0.29) is 22.7 Å². The quantitative estimate of drug-likeness (QED) is 0.612. The van der Waals surface area contributed by atoms with Crippen LogP contribution >= 0.6 is 23.8 Å². The van der Waals surface area contributed by atoms with Crippen LogP contribution in [0.4, 0.5) is 16.2 Å². The average Bonchev–Trinajstić information content (AvgIpc) is 3.06. The van der Waals surface area contributed by atoms with Gasteiger partial charge in [-0.1, -0.05) is 11.6 Å². The van der Waals surface area contributed by atoms with Crippen LogP contribution in [0.1, 0.15) is 37.8 Å². The molecule has 5 rings (SSSR count). The number of hydrogen-bond donors (Lipinski definition) is 1. The maximum Gasteiger partial charge on any atom is 0.407 e. The zero-order valence-corrected chi connectivity index (χ0v) is 20.1. The summed E-state index contributed by atoms with van der Waals surface area (Å²) in [6.07, 6.45) is 5.43. The molecule has 1 saturated carbocycles. The topological polar surface area (TPSA) is 123 Å². The number of hydrogen-bond acceptors (Lipinski definition) is 7. The zero-order chi connectivity index (χ0) is 24.7. The summed E-state index contributed by atoms with van der Waals surface area (Å²) in [5.41, 5.74) is 0.381. The summed E-state index contributed by atoms with van der Waals surface area (Å²) in [5.74, 6) is 0.281. The number of piperidine rings is 1. The van der Waals surface area contributed by atoms with Gasteiger partial charge in [-0.3, -0.25) is 9.69 Å². The maximum atomic E-state index is 13.5. The van der Waals surface area contributed by atoms with E-state index in [1.54, 1.807) is 12.3 Å². The fourth-order valence-corrected chi connectivity index (χ4v) is 5.42. The van der Waals surface area contributed by atoms with Crippen molar-refractivity contribution < 1.29 is 19.4 Å². The molecule has 0 aromatic carbocycles. The van der Waals surface area contributed by atoms with Crippen LogP contribution in [0.5, 0.6) is 5.88 Å². The third-order valence-corrected chi connectivity index (χ3v) is 7.42. The van der Waals surface area contributed by atoms with Crippen molar-refractivity contribution in [1.82, 2.24) is 14.9 Å². The summed E-state index contributed by atoms with van der Waals surface area (Å²) in [5, 5.41) is 18.6. The molecule has 4 heterocycles. The molecular weight excluding hydrogens is 492 g/mol. The normalized spacial score (nSPS) is 19.6. The standard InChI is InChI=1S/C23H21ClN6O4S/c24-17-10-15(13-26-18(17)11-25)29-20(31)23(6-1-7-23)30(21(29)35)14-2-3-19(27-12-14)34-16-4-8-28(9-5-16)22(32)33/h2-3,10,12-13,16H,1,4-9H2,(H,32,33). The molecule has 1 N–H and O–H groups in total. The van der Waals surface area contributed by atoms with Crippen LogP contribution in [-0.2, 0) is 4.79 Å². The first-order valence-corrected chi connectivity index (χ1v) is 12.0. The van der Waals surface area contributed by atoms with E-state index in [9.17, 15) is 9.59 Å². The number of nitrogens with zero attached hydrogens (tertiary/aromatic N) is 6. The predicted octanol–water partition coefficient (Wildman–Crippen LogP) is 3.58. The van der Waals surface area contributed by atoms with E-state index in [4.69, 9.17) is 38.9 Å². The minimum absolute atomic E-state index is 0.0802. The van der Waals surface area contributed by atoms with Crippen molar-refractivity contribution in [2.45, 2.75) is 43.7 Å². The molecule has 35 heavy (non-hydrogen) atoms. The lowest BCUT2D eigenvalue weighted by Crippen LogP contribution is -2.55. The van der Waals surface area contributed by atoms with E-state index in [0.717, 1.165) is 6.42 Å². The van der Waals surface area contributed by atoms with Crippen molar-refractivity contribution in [3.63, 3.8) is 0 Å². The van der Waals surface area contributed by atoms with Gasteiger partial charge in [-0.15, -0.1) is 0 Å². The minimum atomic E-state index is -0.917. The van der Waals surface area contributed by atoms with E-state index >= 15 is 0 Å². The number of ether oxygens (including phenoxy) is 1. The second kappa shape index (κ2) is 8.94. The Bertz CT molecular complexity index is 1240. The Balaban J connectivity index is 1.36. The van der Waals surface area contributed by atoms with Gasteiger partial charge in [-0.25, -0.2) is 14.8 Å². The molecular formula is C23H21ClN6O4S. The monoisotopic (exact) mass is 512 g/mol. The highest BCUT2D eigenvalue weighted by molar-refractivity contribution is 7.81. The van der Waals surface area contributed by atoms with E-state index < -0.39 is 11.6 Å². The van der Waals surface area contributed by atoms with E-state index in [0.29, 0.717) is 61.1 Å². The number of nitriles is 1. The summed E-state index contributed by atoms with van der Waals surface area (Å²) in [7, 11) is 0. The van der Waals surface area contributed by atoms with E-state index in [1.165, 1.54) is 22.1 Å². The first-order chi connectivity index (χ1) is 16.8. The van der Waals surface area contributed by atoms with Gasteiger partial charge in [0.2, 0.25) is 5.88 Å². The Morgan fingerprint density at radius 3 is 2.49 bits per heavy atom.